The number of nitrogen functional groups attached to an aromatic ring is 1. The van der Waals surface area contributed by atoms with Crippen LogP contribution in [0, 0.1) is 6.92 Å². The molecule has 7 nitrogen and oxygen atoms in total. The van der Waals surface area contributed by atoms with Gasteiger partial charge in [-0.2, -0.15) is 0 Å². The molecular weight excluding hydrogens is 186 g/mol. The number of aromatic nitrogens is 4. The van der Waals surface area contributed by atoms with E-state index in [4.69, 9.17) is 10.8 Å². The van der Waals surface area contributed by atoms with Crippen molar-refractivity contribution in [2.24, 2.45) is 0 Å². The second-order valence-corrected chi connectivity index (χ2v) is 2.73. The van der Waals surface area contributed by atoms with E-state index in [-0.39, 0.29) is 11.5 Å². The zero-order valence-corrected chi connectivity index (χ0v) is 7.30. The van der Waals surface area contributed by atoms with Crippen molar-refractivity contribution in [3.05, 3.63) is 12.2 Å². The summed E-state index contributed by atoms with van der Waals surface area (Å²) < 4.78 is 0.903. The predicted octanol–water partition coefficient (Wildman–Crippen LogP) is 0.243. The van der Waals surface area contributed by atoms with Gasteiger partial charge in [-0.25, -0.2) is 24.3 Å². The Kier molecular flexibility index (Phi) is 1.60. The zero-order chi connectivity index (χ0) is 10.3. The fourth-order valence-corrected chi connectivity index (χ4v) is 1.18. The van der Waals surface area contributed by atoms with Gasteiger partial charge in [0.05, 0.1) is 0 Å². The molecule has 0 amide bonds. The first-order chi connectivity index (χ1) is 6.59. The Morgan fingerprint density at radius 3 is 2.93 bits per heavy atom. The maximum atomic E-state index is 10.7. The van der Waals surface area contributed by atoms with E-state index < -0.39 is 6.09 Å². The van der Waals surface area contributed by atoms with Gasteiger partial charge in [-0.1, -0.05) is 0 Å². The molecule has 0 radical (unpaired) electrons. The molecule has 3 N–H and O–H groups in total. The van der Waals surface area contributed by atoms with Crippen LogP contribution in [0.2, 0.25) is 0 Å². The Morgan fingerprint density at radius 2 is 2.29 bits per heavy atom. The van der Waals surface area contributed by atoms with Crippen molar-refractivity contribution in [1.82, 2.24) is 19.5 Å². The van der Waals surface area contributed by atoms with E-state index in [1.165, 1.54) is 0 Å². The van der Waals surface area contributed by atoms with E-state index in [0.29, 0.717) is 11.3 Å². The minimum atomic E-state index is -1.15. The Labute approximate surface area is 78.2 Å². The molecule has 2 aromatic rings. The number of hydrogen-bond donors (Lipinski definition) is 2. The van der Waals surface area contributed by atoms with Gasteiger partial charge in [-0.05, 0) is 6.92 Å². The summed E-state index contributed by atoms with van der Waals surface area (Å²) in [5.74, 6) is 0.602. The summed E-state index contributed by atoms with van der Waals surface area (Å²) >= 11 is 0. The van der Waals surface area contributed by atoms with E-state index in [1.54, 1.807) is 6.92 Å². The number of aryl methyl sites for hydroxylation is 1. The molecule has 2 rings (SSSR count). The number of nitrogens with two attached hydrogens (primary N) is 1. The molecule has 0 aromatic carbocycles. The third kappa shape index (κ3) is 1.06. The molecule has 2 aromatic heterocycles. The molecule has 0 saturated heterocycles. The van der Waals surface area contributed by atoms with E-state index in [0.717, 1.165) is 10.9 Å². The molecule has 72 valence electrons. The Hall–Kier alpha value is -2.18. The van der Waals surface area contributed by atoms with Crippen molar-refractivity contribution >= 4 is 23.1 Å². The smallest absolute Gasteiger partial charge is 0.418 e. The Morgan fingerprint density at radius 1 is 1.57 bits per heavy atom. The van der Waals surface area contributed by atoms with E-state index in [1.807, 2.05) is 0 Å². The number of carbonyl (C=O) groups is 1. The molecule has 0 aliphatic carbocycles. The molecule has 0 saturated carbocycles. The molecule has 7 heteroatoms. The zero-order valence-electron chi connectivity index (χ0n) is 7.30. The largest absolute Gasteiger partial charge is 0.464 e. The third-order valence-corrected chi connectivity index (χ3v) is 1.74. The first-order valence-electron chi connectivity index (χ1n) is 3.80. The molecule has 2 heterocycles. The number of rotatable bonds is 0. The molecular formula is C7H7N5O2. The predicted molar refractivity (Wildman–Crippen MR) is 47.9 cm³/mol. The number of nitrogens with zero attached hydrogens (tertiary/aromatic N) is 4. The Balaban J connectivity index is 2.85. The molecule has 0 bridgehead atoms. The number of carboxylic acid groups (broad SMARTS) is 1. The minimum Gasteiger partial charge on any atom is -0.464 e. The standard InChI is InChI=1S/C7H7N5O2/c1-3-10-5(8)4-6(11-3)12(2-9-4)7(13)14/h2H,1H3,(H,13,14)(H2,8,10,11). The summed E-state index contributed by atoms with van der Waals surface area (Å²) in [6.45, 7) is 1.63. The summed E-state index contributed by atoms with van der Waals surface area (Å²) in [4.78, 5) is 22.4. The van der Waals surface area contributed by atoms with Gasteiger partial charge >= 0.3 is 6.09 Å². The van der Waals surface area contributed by atoms with Gasteiger partial charge in [0.2, 0.25) is 0 Å². The fourth-order valence-electron chi connectivity index (χ4n) is 1.18. The summed E-state index contributed by atoms with van der Waals surface area (Å²) in [5.41, 5.74) is 6.06. The SMILES string of the molecule is Cc1nc(N)c2ncn(C(=O)O)c2n1. The van der Waals surface area contributed by atoms with Crippen LogP contribution in [0.1, 0.15) is 5.82 Å². The number of hydrogen-bond acceptors (Lipinski definition) is 5. The van der Waals surface area contributed by atoms with Crippen LogP contribution >= 0.6 is 0 Å². The summed E-state index contributed by atoms with van der Waals surface area (Å²) in [6, 6.07) is 0. The fraction of sp³-hybridized carbons (Fsp3) is 0.143. The highest BCUT2D eigenvalue weighted by Crippen LogP contribution is 2.15. The van der Waals surface area contributed by atoms with Crippen molar-refractivity contribution < 1.29 is 9.90 Å². The summed E-state index contributed by atoms with van der Waals surface area (Å²) in [7, 11) is 0. The van der Waals surface area contributed by atoms with Gasteiger partial charge in [-0.3, -0.25) is 0 Å². The number of anilines is 1. The third-order valence-electron chi connectivity index (χ3n) is 1.74. The maximum Gasteiger partial charge on any atom is 0.418 e. The van der Waals surface area contributed by atoms with Crippen LogP contribution in [0.3, 0.4) is 0 Å². The van der Waals surface area contributed by atoms with Gasteiger partial charge in [-0.15, -0.1) is 0 Å². The average Bonchev–Trinajstić information content (AvgIpc) is 2.47. The quantitative estimate of drug-likeness (QED) is 0.620. The molecule has 0 atom stereocenters. The number of fused-ring (bicyclic) bond motifs is 1. The van der Waals surface area contributed by atoms with Gasteiger partial charge < -0.3 is 10.8 Å². The van der Waals surface area contributed by atoms with Gasteiger partial charge in [0.15, 0.2) is 17.0 Å². The van der Waals surface area contributed by atoms with Crippen molar-refractivity contribution in [2.75, 3.05) is 5.73 Å². The van der Waals surface area contributed by atoms with Gasteiger partial charge in [0.25, 0.3) is 0 Å². The second kappa shape index (κ2) is 2.66. The van der Waals surface area contributed by atoms with Crippen LogP contribution in [-0.4, -0.2) is 30.7 Å². The molecule has 0 fully saturated rings. The first-order valence-corrected chi connectivity index (χ1v) is 3.80. The van der Waals surface area contributed by atoms with Crippen molar-refractivity contribution in [2.45, 2.75) is 6.92 Å². The highest BCUT2D eigenvalue weighted by Gasteiger charge is 2.12. The molecule has 0 aliphatic rings. The lowest BCUT2D eigenvalue weighted by Gasteiger charge is -1.98. The van der Waals surface area contributed by atoms with E-state index >= 15 is 0 Å². The van der Waals surface area contributed by atoms with E-state index in [2.05, 4.69) is 15.0 Å². The lowest BCUT2D eigenvalue weighted by Crippen LogP contribution is -2.08. The topological polar surface area (TPSA) is 107 Å². The maximum absolute atomic E-state index is 10.7. The highest BCUT2D eigenvalue weighted by atomic mass is 16.4. The monoisotopic (exact) mass is 193 g/mol. The van der Waals surface area contributed by atoms with Gasteiger partial charge in [0, 0.05) is 0 Å². The van der Waals surface area contributed by atoms with Crippen LogP contribution in [0.5, 0.6) is 0 Å². The first kappa shape index (κ1) is 8.42. The van der Waals surface area contributed by atoms with Crippen LogP contribution in [0.15, 0.2) is 6.33 Å². The molecule has 0 unspecified atom stereocenters. The molecule has 0 spiro atoms. The van der Waals surface area contributed by atoms with Crippen LogP contribution in [0.4, 0.5) is 10.6 Å². The number of imidazole rings is 1. The lowest BCUT2D eigenvalue weighted by molar-refractivity contribution is 0.197. The molecule has 14 heavy (non-hydrogen) atoms. The normalized spacial score (nSPS) is 10.6. The lowest BCUT2D eigenvalue weighted by atomic mass is 10.5. The average molecular weight is 193 g/mol. The van der Waals surface area contributed by atoms with Crippen molar-refractivity contribution in [1.29, 1.82) is 0 Å². The molecule has 0 aliphatic heterocycles. The van der Waals surface area contributed by atoms with Crippen LogP contribution in [-0.2, 0) is 0 Å². The summed E-state index contributed by atoms with van der Waals surface area (Å²) in [6.07, 6.45) is 0.00213. The second-order valence-electron chi connectivity index (χ2n) is 2.73. The van der Waals surface area contributed by atoms with Crippen LogP contribution < -0.4 is 5.73 Å². The van der Waals surface area contributed by atoms with Gasteiger partial charge in [0.1, 0.15) is 12.2 Å². The van der Waals surface area contributed by atoms with Crippen LogP contribution in [0.25, 0.3) is 11.2 Å². The highest BCUT2D eigenvalue weighted by molar-refractivity contribution is 5.88. The Bertz CT molecular complexity index is 518. The van der Waals surface area contributed by atoms with E-state index in [9.17, 15) is 4.79 Å². The van der Waals surface area contributed by atoms with Crippen molar-refractivity contribution in [3.63, 3.8) is 0 Å². The minimum absolute atomic E-state index is 0.188. The summed E-state index contributed by atoms with van der Waals surface area (Å²) in [5, 5.41) is 8.78. The van der Waals surface area contributed by atoms with Crippen molar-refractivity contribution in [3.8, 4) is 0 Å².